The van der Waals surface area contributed by atoms with Crippen LogP contribution in [0.15, 0.2) is 24.3 Å². The SMILES string of the molecule is IC1CCN2CCCC2c2ccccc21. The summed E-state index contributed by atoms with van der Waals surface area (Å²) in [6.45, 7) is 2.59. The van der Waals surface area contributed by atoms with Gasteiger partial charge < -0.3 is 0 Å². The Balaban J connectivity index is 2.07. The van der Waals surface area contributed by atoms with Crippen molar-refractivity contribution in [2.24, 2.45) is 0 Å². The summed E-state index contributed by atoms with van der Waals surface area (Å²) in [4.78, 5) is 2.68. The Morgan fingerprint density at radius 3 is 2.73 bits per heavy atom. The molecular formula is C13H16IN. The molecule has 0 amide bonds. The molecule has 1 fully saturated rings. The predicted molar refractivity (Wildman–Crippen MR) is 71.4 cm³/mol. The Morgan fingerprint density at radius 2 is 1.87 bits per heavy atom. The number of fused-ring (bicyclic) bond motifs is 3. The van der Waals surface area contributed by atoms with Crippen molar-refractivity contribution in [3.05, 3.63) is 35.4 Å². The van der Waals surface area contributed by atoms with Crippen molar-refractivity contribution < 1.29 is 0 Å². The van der Waals surface area contributed by atoms with Crippen LogP contribution in [0.25, 0.3) is 0 Å². The van der Waals surface area contributed by atoms with Crippen molar-refractivity contribution in [1.82, 2.24) is 4.90 Å². The molecule has 0 spiro atoms. The van der Waals surface area contributed by atoms with Gasteiger partial charge in [-0.1, -0.05) is 46.9 Å². The monoisotopic (exact) mass is 313 g/mol. The van der Waals surface area contributed by atoms with E-state index in [1.807, 2.05) is 0 Å². The van der Waals surface area contributed by atoms with Crippen LogP contribution in [0.1, 0.15) is 40.4 Å². The molecule has 0 N–H and O–H groups in total. The topological polar surface area (TPSA) is 3.24 Å². The van der Waals surface area contributed by atoms with Gasteiger partial charge in [0.05, 0.1) is 0 Å². The summed E-state index contributed by atoms with van der Waals surface area (Å²) in [6.07, 6.45) is 4.05. The van der Waals surface area contributed by atoms with Crippen LogP contribution in [0.2, 0.25) is 0 Å². The summed E-state index contributed by atoms with van der Waals surface area (Å²) < 4.78 is 0.712. The van der Waals surface area contributed by atoms with Crippen LogP contribution >= 0.6 is 22.6 Å². The van der Waals surface area contributed by atoms with E-state index in [2.05, 4.69) is 51.8 Å². The summed E-state index contributed by atoms with van der Waals surface area (Å²) in [7, 11) is 0. The van der Waals surface area contributed by atoms with E-state index >= 15 is 0 Å². The largest absolute Gasteiger partial charge is 0.296 e. The number of hydrogen-bond donors (Lipinski definition) is 0. The van der Waals surface area contributed by atoms with Gasteiger partial charge in [-0.25, -0.2) is 0 Å². The van der Waals surface area contributed by atoms with Crippen molar-refractivity contribution in [1.29, 1.82) is 0 Å². The normalized spacial score (nSPS) is 30.7. The second-order valence-electron chi connectivity index (χ2n) is 4.58. The molecule has 2 atom stereocenters. The average molecular weight is 313 g/mol. The van der Waals surface area contributed by atoms with Crippen LogP contribution in [0.3, 0.4) is 0 Å². The summed E-state index contributed by atoms with van der Waals surface area (Å²) in [5.41, 5.74) is 3.19. The van der Waals surface area contributed by atoms with Gasteiger partial charge in [0.1, 0.15) is 0 Å². The van der Waals surface area contributed by atoms with Crippen LogP contribution in [0.5, 0.6) is 0 Å². The van der Waals surface area contributed by atoms with E-state index < -0.39 is 0 Å². The maximum absolute atomic E-state index is 2.68. The number of alkyl halides is 1. The molecule has 0 radical (unpaired) electrons. The van der Waals surface area contributed by atoms with Crippen molar-refractivity contribution >= 4 is 22.6 Å². The van der Waals surface area contributed by atoms with E-state index in [0.717, 1.165) is 6.04 Å². The molecule has 2 heterocycles. The first-order valence-corrected chi connectivity index (χ1v) is 7.08. The summed E-state index contributed by atoms with van der Waals surface area (Å²) in [5.74, 6) is 0. The van der Waals surface area contributed by atoms with Gasteiger partial charge in [-0.05, 0) is 36.9 Å². The van der Waals surface area contributed by atoms with Crippen LogP contribution in [-0.4, -0.2) is 18.0 Å². The average Bonchev–Trinajstić information content (AvgIpc) is 2.69. The third-order valence-electron chi connectivity index (χ3n) is 3.73. The Labute approximate surface area is 105 Å². The summed E-state index contributed by atoms with van der Waals surface area (Å²) in [6, 6.07) is 9.78. The lowest BCUT2D eigenvalue weighted by Crippen LogP contribution is -2.22. The van der Waals surface area contributed by atoms with E-state index in [1.165, 1.54) is 32.4 Å². The smallest absolute Gasteiger partial charge is 0.0375 e. The highest BCUT2D eigenvalue weighted by Crippen LogP contribution is 2.42. The van der Waals surface area contributed by atoms with Crippen molar-refractivity contribution in [2.75, 3.05) is 13.1 Å². The van der Waals surface area contributed by atoms with Gasteiger partial charge in [-0.2, -0.15) is 0 Å². The number of nitrogens with zero attached hydrogens (tertiary/aromatic N) is 1. The van der Waals surface area contributed by atoms with Crippen molar-refractivity contribution in [3.63, 3.8) is 0 Å². The first-order chi connectivity index (χ1) is 7.36. The minimum absolute atomic E-state index is 0.712. The molecule has 2 aliphatic rings. The quantitative estimate of drug-likeness (QED) is 0.521. The van der Waals surface area contributed by atoms with Crippen LogP contribution in [0, 0.1) is 0 Å². The van der Waals surface area contributed by atoms with E-state index in [4.69, 9.17) is 0 Å². The number of benzene rings is 1. The molecule has 1 aromatic rings. The Bertz CT molecular complexity index is 363. The van der Waals surface area contributed by atoms with Crippen LogP contribution in [-0.2, 0) is 0 Å². The molecule has 1 nitrogen and oxygen atoms in total. The second-order valence-corrected chi connectivity index (χ2v) is 6.08. The molecule has 2 aliphatic heterocycles. The fourth-order valence-electron chi connectivity index (χ4n) is 2.98. The minimum Gasteiger partial charge on any atom is -0.296 e. The lowest BCUT2D eigenvalue weighted by molar-refractivity contribution is 0.263. The van der Waals surface area contributed by atoms with Crippen LogP contribution < -0.4 is 0 Å². The number of hydrogen-bond acceptors (Lipinski definition) is 1. The zero-order valence-electron chi connectivity index (χ0n) is 8.82. The first kappa shape index (κ1) is 10.1. The first-order valence-electron chi connectivity index (χ1n) is 5.83. The second kappa shape index (κ2) is 4.06. The molecule has 2 unspecified atom stereocenters. The minimum atomic E-state index is 0.712. The van der Waals surface area contributed by atoms with Crippen molar-refractivity contribution in [3.8, 4) is 0 Å². The van der Waals surface area contributed by atoms with E-state index in [-0.39, 0.29) is 0 Å². The molecule has 15 heavy (non-hydrogen) atoms. The predicted octanol–water partition coefficient (Wildman–Crippen LogP) is 3.70. The highest BCUT2D eigenvalue weighted by molar-refractivity contribution is 14.1. The molecule has 1 saturated heterocycles. The van der Waals surface area contributed by atoms with Gasteiger partial charge in [0.25, 0.3) is 0 Å². The number of halogens is 1. The third-order valence-corrected chi connectivity index (χ3v) is 5.02. The molecule has 0 saturated carbocycles. The van der Waals surface area contributed by atoms with Gasteiger partial charge in [-0.15, -0.1) is 0 Å². The van der Waals surface area contributed by atoms with Gasteiger partial charge in [-0.3, -0.25) is 4.90 Å². The maximum Gasteiger partial charge on any atom is 0.0375 e. The van der Waals surface area contributed by atoms with Gasteiger partial charge in [0.15, 0.2) is 0 Å². The number of rotatable bonds is 0. The fraction of sp³-hybridized carbons (Fsp3) is 0.538. The molecule has 0 bridgehead atoms. The lowest BCUT2D eigenvalue weighted by atomic mass is 9.97. The van der Waals surface area contributed by atoms with E-state index in [1.54, 1.807) is 11.1 Å². The Morgan fingerprint density at radius 1 is 1.07 bits per heavy atom. The molecule has 0 aromatic heterocycles. The molecule has 0 aliphatic carbocycles. The van der Waals surface area contributed by atoms with E-state index in [0.29, 0.717) is 3.92 Å². The van der Waals surface area contributed by atoms with Gasteiger partial charge in [0.2, 0.25) is 0 Å². The molecule has 80 valence electrons. The standard InChI is InChI=1S/C13H16IN/c14-12-7-9-15-8-3-6-13(15)11-5-2-1-4-10(11)12/h1-2,4-5,12-13H,3,6-9H2. The molecule has 1 aromatic carbocycles. The zero-order valence-corrected chi connectivity index (χ0v) is 11.0. The lowest BCUT2D eigenvalue weighted by Gasteiger charge is -2.22. The fourth-order valence-corrected chi connectivity index (χ4v) is 3.83. The summed E-state index contributed by atoms with van der Waals surface area (Å²) >= 11 is 2.61. The third kappa shape index (κ3) is 1.72. The van der Waals surface area contributed by atoms with Gasteiger partial charge in [0, 0.05) is 16.5 Å². The maximum atomic E-state index is 2.68. The highest BCUT2D eigenvalue weighted by atomic mass is 127. The summed E-state index contributed by atoms with van der Waals surface area (Å²) in [5, 5.41) is 0. The zero-order chi connectivity index (χ0) is 10.3. The van der Waals surface area contributed by atoms with E-state index in [9.17, 15) is 0 Å². The molecular weight excluding hydrogens is 297 g/mol. The molecule has 2 heteroatoms. The molecule has 3 rings (SSSR count). The Hall–Kier alpha value is -0.0900. The highest BCUT2D eigenvalue weighted by Gasteiger charge is 2.31. The Kier molecular flexibility index (Phi) is 2.73. The van der Waals surface area contributed by atoms with Gasteiger partial charge >= 0.3 is 0 Å². The van der Waals surface area contributed by atoms with Crippen LogP contribution in [0.4, 0.5) is 0 Å². The van der Waals surface area contributed by atoms with Crippen molar-refractivity contribution in [2.45, 2.75) is 29.2 Å².